The highest BCUT2D eigenvalue weighted by molar-refractivity contribution is 7.52. The summed E-state index contributed by atoms with van der Waals surface area (Å²) in [5.74, 6) is -0.282. The van der Waals surface area contributed by atoms with E-state index in [1.807, 2.05) is 6.07 Å². The van der Waals surface area contributed by atoms with Gasteiger partial charge in [0.15, 0.2) is 5.82 Å². The van der Waals surface area contributed by atoms with Gasteiger partial charge in [-0.1, -0.05) is 24.6 Å². The van der Waals surface area contributed by atoms with Gasteiger partial charge >= 0.3 is 13.7 Å². The Bertz CT molecular complexity index is 1490. The molecule has 5 rings (SSSR count). The molecule has 2 fully saturated rings. The van der Waals surface area contributed by atoms with Crippen molar-refractivity contribution < 1.29 is 38.1 Å². The van der Waals surface area contributed by atoms with E-state index in [1.165, 1.54) is 23.8 Å². The minimum atomic E-state index is -4.31. The van der Waals surface area contributed by atoms with Crippen LogP contribution < -0.4 is 15.3 Å². The summed E-state index contributed by atoms with van der Waals surface area (Å²) in [5.41, 5.74) is 4.30. The largest absolute Gasteiger partial charge is 0.461 e. The van der Waals surface area contributed by atoms with Crippen LogP contribution in [-0.2, 0) is 29.0 Å². The molecule has 1 aliphatic carbocycles. The molecule has 0 radical (unpaired) electrons. The van der Waals surface area contributed by atoms with Crippen LogP contribution in [0, 0.1) is 11.3 Å². The van der Waals surface area contributed by atoms with Crippen molar-refractivity contribution in [2.45, 2.75) is 75.1 Å². The Balaban J connectivity index is 1.34. The van der Waals surface area contributed by atoms with Gasteiger partial charge < -0.3 is 29.9 Å². The maximum absolute atomic E-state index is 13.9. The number of rotatable bonds is 10. The van der Waals surface area contributed by atoms with Crippen molar-refractivity contribution in [3.63, 3.8) is 0 Å². The van der Waals surface area contributed by atoms with Gasteiger partial charge in [0.05, 0.1) is 12.3 Å². The fourth-order valence-electron chi connectivity index (χ4n) is 5.17. The Kier molecular flexibility index (Phi) is 8.79. The molecule has 1 saturated carbocycles. The second-order valence-corrected chi connectivity index (χ2v) is 12.0. The lowest BCUT2D eigenvalue weighted by Gasteiger charge is -2.27. The number of nitriles is 1. The summed E-state index contributed by atoms with van der Waals surface area (Å²) in [5, 5.41) is 38.7. The first-order chi connectivity index (χ1) is 20.2. The quantitative estimate of drug-likeness (QED) is 0.195. The van der Waals surface area contributed by atoms with E-state index < -0.39 is 50.3 Å². The molecule has 0 spiro atoms. The molecule has 2 unspecified atom stereocenters. The van der Waals surface area contributed by atoms with Crippen molar-refractivity contribution in [3.05, 3.63) is 54.5 Å². The van der Waals surface area contributed by atoms with Crippen LogP contribution in [0.1, 0.15) is 44.7 Å². The monoisotopic (exact) mass is 600 g/mol. The first kappa shape index (κ1) is 29.9. The lowest BCUT2D eigenvalue weighted by Crippen LogP contribution is -2.41. The summed E-state index contributed by atoms with van der Waals surface area (Å²) in [6.45, 7) is 0.899. The average Bonchev–Trinajstić information content (AvgIpc) is 3.53. The number of nitrogens with zero attached hydrogens (tertiary/aromatic N) is 4. The first-order valence-corrected chi connectivity index (χ1v) is 15.2. The fraction of sp³-hybridized carbons (Fsp3) is 0.481. The van der Waals surface area contributed by atoms with Gasteiger partial charge in [0.1, 0.15) is 54.1 Å². The molecule has 3 heterocycles. The third kappa shape index (κ3) is 5.98. The smallest absolute Gasteiger partial charge is 0.459 e. The molecule has 0 bridgehead atoms. The highest BCUT2D eigenvalue weighted by atomic mass is 31.2. The molecule has 14 nitrogen and oxygen atoms in total. The summed E-state index contributed by atoms with van der Waals surface area (Å²) in [4.78, 5) is 16.7. The zero-order valence-corrected chi connectivity index (χ0v) is 23.8. The number of nitrogens with one attached hydrogen (secondary N) is 1. The van der Waals surface area contributed by atoms with Crippen molar-refractivity contribution >= 4 is 25.1 Å². The molecular formula is C27H33N6O8P. The standard InChI is InChI=1S/C27H33N6O8P/c1-17(26(36)39-18-8-4-2-5-9-18)32-42(37,41-19-10-6-3-7-11-19)38-14-21-23(34)24(35)27(15-28,40-21)22-13-12-20-25(29)30-16-31-33(20)22/h3,6-7,10-13,16-18,21,23-24,34-35H,2,4-5,8-9,14H2,1H3,(H,32,37)(H2,29,30,31)/t17?,21-,23-,24-,27+,42?/m1/s1. The van der Waals surface area contributed by atoms with Crippen LogP contribution in [-0.4, -0.2) is 67.8 Å². The Morgan fingerprint density at radius 3 is 2.71 bits per heavy atom. The molecule has 0 amide bonds. The molecule has 1 aromatic carbocycles. The van der Waals surface area contributed by atoms with Gasteiger partial charge in [0, 0.05) is 0 Å². The highest BCUT2D eigenvalue weighted by Gasteiger charge is 2.58. The number of para-hydroxylation sites is 1. The van der Waals surface area contributed by atoms with E-state index in [4.69, 9.17) is 24.3 Å². The Labute approximate surface area is 241 Å². The average molecular weight is 601 g/mol. The second kappa shape index (κ2) is 12.3. The van der Waals surface area contributed by atoms with Crippen LogP contribution in [0.5, 0.6) is 5.75 Å². The van der Waals surface area contributed by atoms with Crippen LogP contribution >= 0.6 is 7.75 Å². The van der Waals surface area contributed by atoms with E-state index in [9.17, 15) is 24.8 Å². The number of nitrogen functional groups attached to an aromatic ring is 1. The minimum absolute atomic E-state index is 0.101. The number of aliphatic hydroxyl groups excluding tert-OH is 2. The number of esters is 1. The minimum Gasteiger partial charge on any atom is -0.461 e. The van der Waals surface area contributed by atoms with Crippen LogP contribution in [0.2, 0.25) is 0 Å². The van der Waals surface area contributed by atoms with Crippen molar-refractivity contribution in [2.24, 2.45) is 0 Å². The Morgan fingerprint density at radius 2 is 2.00 bits per heavy atom. The van der Waals surface area contributed by atoms with Crippen LogP contribution in [0.15, 0.2) is 48.8 Å². The number of carbonyl (C=O) groups excluding carboxylic acids is 1. The van der Waals surface area contributed by atoms with Crippen molar-refractivity contribution in [1.82, 2.24) is 19.7 Å². The van der Waals surface area contributed by atoms with Gasteiger partial charge in [0.2, 0.25) is 5.60 Å². The van der Waals surface area contributed by atoms with Crippen molar-refractivity contribution in [3.8, 4) is 11.8 Å². The fourth-order valence-corrected chi connectivity index (χ4v) is 6.67. The summed E-state index contributed by atoms with van der Waals surface area (Å²) >= 11 is 0. The maximum atomic E-state index is 13.9. The number of aromatic nitrogens is 3. The van der Waals surface area contributed by atoms with E-state index in [-0.39, 0.29) is 23.4 Å². The summed E-state index contributed by atoms with van der Waals surface area (Å²) in [6, 6.07) is 12.1. The highest BCUT2D eigenvalue weighted by Crippen LogP contribution is 2.47. The SMILES string of the molecule is CC(NP(=O)(OC[C@H]1O[C@@](C#N)(c2ccc3c(N)ncnn23)[C@H](O)[C@@H]1O)Oc1ccccc1)C(=O)OC1CCCCC1. The van der Waals surface area contributed by atoms with Gasteiger partial charge in [0.25, 0.3) is 0 Å². The molecule has 15 heteroatoms. The van der Waals surface area contributed by atoms with Gasteiger partial charge in [-0.3, -0.25) is 9.32 Å². The van der Waals surface area contributed by atoms with Gasteiger partial charge in [-0.05, 0) is 56.9 Å². The lowest BCUT2D eigenvalue weighted by atomic mass is 9.92. The molecule has 224 valence electrons. The number of anilines is 1. The molecule has 42 heavy (non-hydrogen) atoms. The molecule has 6 atom stereocenters. The third-order valence-corrected chi connectivity index (χ3v) is 9.05. The first-order valence-electron chi connectivity index (χ1n) is 13.7. The predicted molar refractivity (Wildman–Crippen MR) is 148 cm³/mol. The molecule has 2 aromatic heterocycles. The predicted octanol–water partition coefficient (Wildman–Crippen LogP) is 2.21. The summed E-state index contributed by atoms with van der Waals surface area (Å²) in [7, 11) is -4.31. The third-order valence-electron chi connectivity index (χ3n) is 7.40. The van der Waals surface area contributed by atoms with E-state index in [0.717, 1.165) is 32.1 Å². The molecule has 5 N–H and O–H groups in total. The molecule has 1 saturated heterocycles. The van der Waals surface area contributed by atoms with Crippen molar-refractivity contribution in [1.29, 1.82) is 5.26 Å². The number of hydrogen-bond acceptors (Lipinski definition) is 12. The lowest BCUT2D eigenvalue weighted by molar-refractivity contribution is -0.152. The zero-order valence-electron chi connectivity index (χ0n) is 22.9. The van der Waals surface area contributed by atoms with Gasteiger partial charge in [-0.25, -0.2) is 14.1 Å². The number of aliphatic hydroxyl groups is 2. The maximum Gasteiger partial charge on any atom is 0.459 e. The van der Waals surface area contributed by atoms with E-state index in [1.54, 1.807) is 36.4 Å². The number of fused-ring (bicyclic) bond motifs is 1. The van der Waals surface area contributed by atoms with E-state index in [2.05, 4.69) is 15.2 Å². The molecular weight excluding hydrogens is 567 g/mol. The number of nitrogens with two attached hydrogens (primary N) is 1. The topological polar surface area (TPSA) is 204 Å². The number of benzene rings is 1. The van der Waals surface area contributed by atoms with Crippen molar-refractivity contribution in [2.75, 3.05) is 12.3 Å². The van der Waals surface area contributed by atoms with Gasteiger partial charge in [-0.15, -0.1) is 0 Å². The number of ether oxygens (including phenoxy) is 2. The van der Waals surface area contributed by atoms with Gasteiger partial charge in [-0.2, -0.15) is 15.4 Å². The normalized spacial score (nSPS) is 26.8. The van der Waals surface area contributed by atoms with Crippen LogP contribution in [0.25, 0.3) is 5.52 Å². The molecule has 1 aliphatic heterocycles. The van der Waals surface area contributed by atoms with Crippen LogP contribution in [0.4, 0.5) is 5.82 Å². The number of carbonyl (C=O) groups is 1. The van der Waals surface area contributed by atoms with E-state index in [0.29, 0.717) is 5.52 Å². The number of hydrogen-bond donors (Lipinski definition) is 4. The Morgan fingerprint density at radius 1 is 1.26 bits per heavy atom. The molecule has 2 aliphatic rings. The van der Waals surface area contributed by atoms with Crippen LogP contribution in [0.3, 0.4) is 0 Å². The summed E-state index contributed by atoms with van der Waals surface area (Å²) in [6.07, 6.45) is 0.835. The second-order valence-electron chi connectivity index (χ2n) is 10.3. The Hall–Kier alpha value is -3.57. The summed E-state index contributed by atoms with van der Waals surface area (Å²) < 4.78 is 38.1. The zero-order chi connectivity index (χ0) is 29.9. The molecule has 3 aromatic rings. The van der Waals surface area contributed by atoms with E-state index >= 15 is 0 Å².